The van der Waals surface area contributed by atoms with Gasteiger partial charge in [0, 0.05) is 26.1 Å². The SMILES string of the molecule is CO[C@@H](CNC(=O)NCC1CCC(C#N)CC1)C(C)(C)C. The summed E-state index contributed by atoms with van der Waals surface area (Å²) in [6, 6.07) is 2.19. The van der Waals surface area contributed by atoms with Gasteiger partial charge in [0.05, 0.1) is 12.2 Å². The highest BCUT2D eigenvalue weighted by Gasteiger charge is 2.25. The largest absolute Gasteiger partial charge is 0.379 e. The molecule has 120 valence electrons. The molecule has 2 amide bonds. The maximum atomic E-state index is 11.8. The number of rotatable bonds is 5. The van der Waals surface area contributed by atoms with Gasteiger partial charge in [-0.05, 0) is 37.0 Å². The van der Waals surface area contributed by atoms with Crippen LogP contribution in [0, 0.1) is 28.6 Å². The van der Waals surface area contributed by atoms with Crippen molar-refractivity contribution in [1.82, 2.24) is 10.6 Å². The third kappa shape index (κ3) is 6.34. The number of ether oxygens (including phenoxy) is 1. The van der Waals surface area contributed by atoms with E-state index in [4.69, 9.17) is 10.00 Å². The molecule has 1 rings (SSSR count). The summed E-state index contributed by atoms with van der Waals surface area (Å²) < 4.78 is 5.41. The Labute approximate surface area is 128 Å². The zero-order valence-corrected chi connectivity index (χ0v) is 13.7. The van der Waals surface area contributed by atoms with E-state index < -0.39 is 0 Å². The first kappa shape index (κ1) is 17.8. The van der Waals surface area contributed by atoms with Crippen LogP contribution < -0.4 is 10.6 Å². The van der Waals surface area contributed by atoms with E-state index >= 15 is 0 Å². The van der Waals surface area contributed by atoms with Crippen molar-refractivity contribution < 1.29 is 9.53 Å². The lowest BCUT2D eigenvalue weighted by Crippen LogP contribution is -2.45. The van der Waals surface area contributed by atoms with Gasteiger partial charge in [-0.15, -0.1) is 0 Å². The van der Waals surface area contributed by atoms with Crippen LogP contribution >= 0.6 is 0 Å². The maximum Gasteiger partial charge on any atom is 0.314 e. The zero-order valence-electron chi connectivity index (χ0n) is 13.7. The summed E-state index contributed by atoms with van der Waals surface area (Å²) in [5, 5.41) is 14.7. The predicted octanol–water partition coefficient (Wildman–Crippen LogP) is 2.68. The number of hydrogen-bond donors (Lipinski definition) is 2. The van der Waals surface area contributed by atoms with Gasteiger partial charge in [0.1, 0.15) is 0 Å². The van der Waals surface area contributed by atoms with Gasteiger partial charge in [0.25, 0.3) is 0 Å². The molecule has 0 aromatic heterocycles. The summed E-state index contributed by atoms with van der Waals surface area (Å²) in [4.78, 5) is 11.8. The second kappa shape index (κ2) is 8.23. The van der Waals surface area contributed by atoms with Crippen LogP contribution in [0.1, 0.15) is 46.5 Å². The molecule has 0 bridgehead atoms. The minimum absolute atomic E-state index is 0.00227. The Hall–Kier alpha value is -1.28. The highest BCUT2D eigenvalue weighted by Crippen LogP contribution is 2.27. The molecule has 0 radical (unpaired) electrons. The second-order valence-corrected chi connectivity index (χ2v) is 7.03. The van der Waals surface area contributed by atoms with Gasteiger partial charge in [-0.25, -0.2) is 4.79 Å². The van der Waals surface area contributed by atoms with E-state index in [-0.39, 0.29) is 23.5 Å². The van der Waals surface area contributed by atoms with Gasteiger partial charge >= 0.3 is 6.03 Å². The number of nitrogens with zero attached hydrogens (tertiary/aromatic N) is 1. The van der Waals surface area contributed by atoms with Crippen molar-refractivity contribution in [3.05, 3.63) is 0 Å². The van der Waals surface area contributed by atoms with Gasteiger partial charge in [-0.3, -0.25) is 0 Å². The van der Waals surface area contributed by atoms with E-state index in [9.17, 15) is 4.79 Å². The Kier molecular flexibility index (Phi) is 6.97. The maximum absolute atomic E-state index is 11.8. The molecule has 0 unspecified atom stereocenters. The molecular formula is C16H29N3O2. The summed E-state index contributed by atoms with van der Waals surface area (Å²) in [5.41, 5.74) is -0.00227. The number of methoxy groups -OCH3 is 1. The molecule has 0 aromatic carbocycles. The number of amides is 2. The van der Waals surface area contributed by atoms with Gasteiger partial charge in [0.15, 0.2) is 0 Å². The molecule has 0 heterocycles. The fourth-order valence-electron chi connectivity index (χ4n) is 2.72. The van der Waals surface area contributed by atoms with Crippen molar-refractivity contribution in [2.45, 2.75) is 52.6 Å². The van der Waals surface area contributed by atoms with Crippen molar-refractivity contribution in [2.75, 3.05) is 20.2 Å². The van der Waals surface area contributed by atoms with Crippen molar-refractivity contribution in [3.8, 4) is 6.07 Å². The summed E-state index contributed by atoms with van der Waals surface area (Å²) in [5.74, 6) is 0.713. The Balaban J connectivity index is 2.21. The van der Waals surface area contributed by atoms with E-state index in [2.05, 4.69) is 37.5 Å². The quantitative estimate of drug-likeness (QED) is 0.819. The van der Waals surface area contributed by atoms with E-state index in [1.54, 1.807) is 7.11 Å². The fourth-order valence-corrected chi connectivity index (χ4v) is 2.72. The minimum atomic E-state index is -0.135. The van der Waals surface area contributed by atoms with Crippen LogP contribution in [0.3, 0.4) is 0 Å². The predicted molar refractivity (Wildman–Crippen MR) is 82.7 cm³/mol. The van der Waals surface area contributed by atoms with Crippen LogP contribution in [0.4, 0.5) is 4.79 Å². The standard InChI is InChI=1S/C16H29N3O2/c1-16(2,3)14(21-4)11-19-15(20)18-10-13-7-5-12(9-17)6-8-13/h12-14H,5-8,10-11H2,1-4H3,(H2,18,19,20)/t12?,13?,14-/m0/s1. The van der Waals surface area contributed by atoms with E-state index in [1.807, 2.05) is 0 Å². The number of urea groups is 1. The van der Waals surface area contributed by atoms with Crippen LogP contribution in [0.15, 0.2) is 0 Å². The average molecular weight is 295 g/mol. The van der Waals surface area contributed by atoms with E-state index in [1.165, 1.54) is 0 Å². The third-order valence-corrected chi connectivity index (χ3v) is 4.28. The van der Waals surface area contributed by atoms with Crippen LogP contribution in [-0.4, -0.2) is 32.3 Å². The number of nitriles is 1. The number of carbonyl (C=O) groups is 1. The summed E-state index contributed by atoms with van der Waals surface area (Å²) in [6.45, 7) is 7.47. The highest BCUT2D eigenvalue weighted by molar-refractivity contribution is 5.73. The summed E-state index contributed by atoms with van der Waals surface area (Å²) in [6.07, 6.45) is 3.97. The Morgan fingerprint density at radius 2 is 1.90 bits per heavy atom. The summed E-state index contributed by atoms with van der Waals surface area (Å²) in [7, 11) is 1.67. The van der Waals surface area contributed by atoms with Crippen LogP contribution in [0.2, 0.25) is 0 Å². The van der Waals surface area contributed by atoms with Gasteiger partial charge in [-0.2, -0.15) is 5.26 Å². The highest BCUT2D eigenvalue weighted by atomic mass is 16.5. The van der Waals surface area contributed by atoms with Gasteiger partial charge < -0.3 is 15.4 Å². The van der Waals surface area contributed by atoms with Crippen molar-refractivity contribution in [2.24, 2.45) is 17.3 Å². The second-order valence-electron chi connectivity index (χ2n) is 7.03. The number of nitrogens with one attached hydrogen (secondary N) is 2. The Bertz CT molecular complexity index is 363. The molecule has 0 aromatic rings. The van der Waals surface area contributed by atoms with Gasteiger partial charge in [-0.1, -0.05) is 20.8 Å². The minimum Gasteiger partial charge on any atom is -0.379 e. The van der Waals surface area contributed by atoms with Crippen molar-refractivity contribution in [1.29, 1.82) is 5.26 Å². The fraction of sp³-hybridized carbons (Fsp3) is 0.875. The van der Waals surface area contributed by atoms with Gasteiger partial charge in [0.2, 0.25) is 0 Å². The molecule has 1 aliphatic rings. The molecule has 0 spiro atoms. The molecule has 0 aliphatic heterocycles. The first-order chi connectivity index (χ1) is 9.86. The topological polar surface area (TPSA) is 74.2 Å². The molecule has 1 aliphatic carbocycles. The average Bonchev–Trinajstić information content (AvgIpc) is 2.45. The number of hydrogen-bond acceptors (Lipinski definition) is 3. The van der Waals surface area contributed by atoms with E-state index in [0.29, 0.717) is 19.0 Å². The monoisotopic (exact) mass is 295 g/mol. The van der Waals surface area contributed by atoms with Crippen LogP contribution in [0.5, 0.6) is 0 Å². The first-order valence-electron chi connectivity index (χ1n) is 7.81. The third-order valence-electron chi connectivity index (χ3n) is 4.28. The van der Waals surface area contributed by atoms with Crippen molar-refractivity contribution >= 4 is 6.03 Å². The molecule has 2 N–H and O–H groups in total. The smallest absolute Gasteiger partial charge is 0.314 e. The molecule has 1 atom stereocenters. The molecular weight excluding hydrogens is 266 g/mol. The van der Waals surface area contributed by atoms with Crippen LogP contribution in [0.25, 0.3) is 0 Å². The summed E-state index contributed by atoms with van der Waals surface area (Å²) >= 11 is 0. The lowest BCUT2D eigenvalue weighted by Gasteiger charge is -2.29. The Morgan fingerprint density at radius 1 is 1.29 bits per heavy atom. The van der Waals surface area contributed by atoms with Crippen LogP contribution in [-0.2, 0) is 4.74 Å². The number of carbonyl (C=O) groups excluding carboxylic acids is 1. The Morgan fingerprint density at radius 3 is 2.38 bits per heavy atom. The molecule has 1 fully saturated rings. The molecule has 0 saturated heterocycles. The molecule has 21 heavy (non-hydrogen) atoms. The molecule has 5 heteroatoms. The first-order valence-corrected chi connectivity index (χ1v) is 7.81. The lowest BCUT2D eigenvalue weighted by atomic mass is 9.83. The lowest BCUT2D eigenvalue weighted by molar-refractivity contribution is 0.0194. The normalized spacial score (nSPS) is 24.0. The zero-order chi connectivity index (χ0) is 15.9. The van der Waals surface area contributed by atoms with Crippen molar-refractivity contribution in [3.63, 3.8) is 0 Å². The molecule has 5 nitrogen and oxygen atoms in total. The van der Waals surface area contributed by atoms with E-state index in [0.717, 1.165) is 25.7 Å². The molecule has 1 saturated carbocycles.